The number of aliphatic hydroxyl groups is 1. The van der Waals surface area contributed by atoms with Gasteiger partial charge in [-0.2, -0.15) is 0 Å². The molecule has 1 N–H and O–H groups in total. The highest BCUT2D eigenvalue weighted by molar-refractivity contribution is 6.06. The second kappa shape index (κ2) is 5.11. The first kappa shape index (κ1) is 14.0. The molecule has 3 rings (SSSR count). The summed E-state index contributed by atoms with van der Waals surface area (Å²) in [5.41, 5.74) is 2.39. The van der Waals surface area contributed by atoms with Gasteiger partial charge in [-0.3, -0.25) is 4.79 Å². The lowest BCUT2D eigenvalue weighted by Crippen LogP contribution is -2.30. The maximum atomic E-state index is 12.8. The van der Waals surface area contributed by atoms with E-state index in [4.69, 9.17) is 4.52 Å². The number of nitrogens with zero attached hydrogens (tertiary/aromatic N) is 3. The highest BCUT2D eigenvalue weighted by Gasteiger charge is 2.31. The van der Waals surface area contributed by atoms with Gasteiger partial charge in [0, 0.05) is 24.7 Å². The number of aryl methyl sites for hydroxylation is 2. The van der Waals surface area contributed by atoms with Gasteiger partial charge in [0.15, 0.2) is 0 Å². The van der Waals surface area contributed by atoms with Crippen LogP contribution in [-0.2, 0) is 0 Å². The second-order valence-corrected chi connectivity index (χ2v) is 5.80. The van der Waals surface area contributed by atoms with Crippen LogP contribution in [-0.4, -0.2) is 45.2 Å². The molecule has 0 bridgehead atoms. The molecule has 2 unspecified atom stereocenters. The zero-order chi connectivity index (χ0) is 15.1. The Morgan fingerprint density at radius 2 is 2.29 bits per heavy atom. The quantitative estimate of drug-likeness (QED) is 0.910. The number of amides is 1. The molecule has 3 heterocycles. The van der Waals surface area contributed by atoms with E-state index in [0.29, 0.717) is 35.4 Å². The Labute approximate surface area is 122 Å². The van der Waals surface area contributed by atoms with E-state index < -0.39 is 0 Å². The van der Waals surface area contributed by atoms with Crippen LogP contribution in [0.2, 0.25) is 0 Å². The largest absolute Gasteiger partial charge is 0.393 e. The van der Waals surface area contributed by atoms with Gasteiger partial charge in [0.2, 0.25) is 0 Å². The molecule has 0 aromatic carbocycles. The summed E-state index contributed by atoms with van der Waals surface area (Å²) < 4.78 is 5.17. The Bertz CT molecular complexity index is 693. The molecule has 1 saturated heterocycles. The highest BCUT2D eigenvalue weighted by Crippen LogP contribution is 2.26. The monoisotopic (exact) mass is 289 g/mol. The fourth-order valence-electron chi connectivity index (χ4n) is 2.92. The molecule has 0 spiro atoms. The lowest BCUT2D eigenvalue weighted by atomic mass is 10.0. The summed E-state index contributed by atoms with van der Waals surface area (Å²) in [5.74, 6) is 0.107. The van der Waals surface area contributed by atoms with Crippen LogP contribution in [0, 0.1) is 19.8 Å². The summed E-state index contributed by atoms with van der Waals surface area (Å²) in [5, 5.41) is 14.3. The summed E-state index contributed by atoms with van der Waals surface area (Å²) in [6.45, 7) is 6.67. The average Bonchev–Trinajstić information content (AvgIpc) is 3.05. The summed E-state index contributed by atoms with van der Waals surface area (Å²) in [6, 6.07) is 1.78. The van der Waals surface area contributed by atoms with Crippen LogP contribution in [0.15, 0.2) is 10.6 Å². The average molecular weight is 289 g/mol. The Morgan fingerprint density at radius 3 is 2.95 bits per heavy atom. The number of rotatable bonds is 2. The van der Waals surface area contributed by atoms with E-state index in [1.165, 1.54) is 0 Å². The first-order chi connectivity index (χ1) is 9.97. The zero-order valence-corrected chi connectivity index (χ0v) is 12.5. The number of hydrogen-bond donors (Lipinski definition) is 1. The topological polar surface area (TPSA) is 79.5 Å². The van der Waals surface area contributed by atoms with E-state index in [0.717, 1.165) is 12.1 Å². The van der Waals surface area contributed by atoms with Crippen molar-refractivity contribution in [2.45, 2.75) is 33.3 Å². The van der Waals surface area contributed by atoms with Crippen LogP contribution in [0.4, 0.5) is 0 Å². The van der Waals surface area contributed by atoms with Gasteiger partial charge in [0.05, 0.1) is 22.7 Å². The van der Waals surface area contributed by atoms with Crippen molar-refractivity contribution in [1.82, 2.24) is 15.0 Å². The van der Waals surface area contributed by atoms with Gasteiger partial charge in [0.1, 0.15) is 0 Å². The van der Waals surface area contributed by atoms with E-state index >= 15 is 0 Å². The molecule has 0 aliphatic carbocycles. The first-order valence-electron chi connectivity index (χ1n) is 7.18. The lowest BCUT2D eigenvalue weighted by Gasteiger charge is -2.18. The maximum absolute atomic E-state index is 12.8. The minimum Gasteiger partial charge on any atom is -0.393 e. The third kappa shape index (κ3) is 2.40. The van der Waals surface area contributed by atoms with Crippen molar-refractivity contribution in [2.75, 3.05) is 13.1 Å². The van der Waals surface area contributed by atoms with Crippen LogP contribution in [0.25, 0.3) is 11.1 Å². The molecule has 2 atom stereocenters. The number of hydrogen-bond acceptors (Lipinski definition) is 5. The summed E-state index contributed by atoms with van der Waals surface area (Å²) in [6.07, 6.45) is 0.443. The molecule has 6 heteroatoms. The number of aliphatic hydroxyl groups excluding tert-OH is 1. The summed E-state index contributed by atoms with van der Waals surface area (Å²) in [4.78, 5) is 18.8. The number of likely N-dealkylation sites (tertiary alicyclic amines) is 1. The van der Waals surface area contributed by atoms with Gasteiger partial charge in [-0.05, 0) is 33.3 Å². The van der Waals surface area contributed by atoms with Crippen LogP contribution in [0.5, 0.6) is 0 Å². The predicted molar refractivity (Wildman–Crippen MR) is 77.0 cm³/mol. The van der Waals surface area contributed by atoms with Crippen molar-refractivity contribution < 1.29 is 14.4 Å². The van der Waals surface area contributed by atoms with Gasteiger partial charge < -0.3 is 14.5 Å². The van der Waals surface area contributed by atoms with E-state index in [2.05, 4.69) is 10.1 Å². The molecule has 0 saturated carbocycles. The number of carbonyl (C=O) groups is 1. The van der Waals surface area contributed by atoms with Crippen molar-refractivity contribution in [3.05, 3.63) is 23.0 Å². The second-order valence-electron chi connectivity index (χ2n) is 5.80. The fourth-order valence-corrected chi connectivity index (χ4v) is 2.92. The van der Waals surface area contributed by atoms with Crippen molar-refractivity contribution in [3.63, 3.8) is 0 Å². The molecule has 1 fully saturated rings. The lowest BCUT2D eigenvalue weighted by molar-refractivity contribution is 0.0764. The molecule has 0 radical (unpaired) electrons. The molecular formula is C15H19N3O3. The Balaban J connectivity index is 1.97. The molecule has 2 aromatic heterocycles. The minimum atomic E-state index is -0.390. The smallest absolute Gasteiger partial charge is 0.258 e. The number of pyridine rings is 1. The molecule has 1 aliphatic rings. The van der Waals surface area contributed by atoms with Crippen molar-refractivity contribution in [3.8, 4) is 0 Å². The Kier molecular flexibility index (Phi) is 3.41. The van der Waals surface area contributed by atoms with Crippen molar-refractivity contribution in [2.24, 2.45) is 5.92 Å². The van der Waals surface area contributed by atoms with Gasteiger partial charge in [0.25, 0.3) is 11.6 Å². The summed E-state index contributed by atoms with van der Waals surface area (Å²) >= 11 is 0. The van der Waals surface area contributed by atoms with Gasteiger partial charge in [-0.15, -0.1) is 0 Å². The van der Waals surface area contributed by atoms with Gasteiger partial charge >= 0.3 is 0 Å². The maximum Gasteiger partial charge on any atom is 0.258 e. The molecule has 1 aliphatic heterocycles. The van der Waals surface area contributed by atoms with Crippen LogP contribution >= 0.6 is 0 Å². The predicted octanol–water partition coefficient (Wildman–Crippen LogP) is 1.68. The van der Waals surface area contributed by atoms with Crippen molar-refractivity contribution in [1.29, 1.82) is 0 Å². The molecule has 6 nitrogen and oxygen atoms in total. The number of aromatic nitrogens is 2. The molecule has 1 amide bonds. The molecule has 112 valence electrons. The van der Waals surface area contributed by atoms with Gasteiger partial charge in [-0.25, -0.2) is 4.98 Å². The van der Waals surface area contributed by atoms with E-state index in [1.54, 1.807) is 17.9 Å². The third-order valence-corrected chi connectivity index (χ3v) is 4.17. The number of carbonyl (C=O) groups excluding carboxylic acids is 1. The SMILES string of the molecule is Cc1cc(C(=O)N2CCC(C(C)O)C2)c2c(C)noc2n1. The highest BCUT2D eigenvalue weighted by atomic mass is 16.5. The zero-order valence-electron chi connectivity index (χ0n) is 12.5. The van der Waals surface area contributed by atoms with E-state index in [9.17, 15) is 9.90 Å². The van der Waals surface area contributed by atoms with Crippen LogP contribution in [0.3, 0.4) is 0 Å². The first-order valence-corrected chi connectivity index (χ1v) is 7.18. The Hall–Kier alpha value is -1.95. The van der Waals surface area contributed by atoms with Gasteiger partial charge in [-0.1, -0.05) is 5.16 Å². The van der Waals surface area contributed by atoms with Crippen LogP contribution in [0.1, 0.15) is 35.1 Å². The molecule has 2 aromatic rings. The molecule has 21 heavy (non-hydrogen) atoms. The Morgan fingerprint density at radius 1 is 1.52 bits per heavy atom. The van der Waals surface area contributed by atoms with Crippen LogP contribution < -0.4 is 0 Å². The standard InChI is InChI=1S/C15H19N3O3/c1-8-6-12(13-9(2)17-21-14(13)16-8)15(20)18-5-4-11(7-18)10(3)19/h6,10-11,19H,4-5,7H2,1-3H3. The third-order valence-electron chi connectivity index (χ3n) is 4.17. The van der Waals surface area contributed by atoms with E-state index in [-0.39, 0.29) is 17.9 Å². The normalized spacial score (nSPS) is 20.2. The van der Waals surface area contributed by atoms with Crippen molar-refractivity contribution >= 4 is 17.0 Å². The summed E-state index contributed by atoms with van der Waals surface area (Å²) in [7, 11) is 0. The number of fused-ring (bicyclic) bond motifs is 1. The fraction of sp³-hybridized carbons (Fsp3) is 0.533. The van der Waals surface area contributed by atoms with E-state index in [1.807, 2.05) is 13.8 Å². The molecular weight excluding hydrogens is 270 g/mol. The minimum absolute atomic E-state index is 0.0417.